The van der Waals surface area contributed by atoms with E-state index in [1.807, 2.05) is 0 Å². The molecule has 0 aliphatic rings. The molecule has 17 heavy (non-hydrogen) atoms. The molecule has 0 spiro atoms. The lowest BCUT2D eigenvalue weighted by Crippen LogP contribution is -2.20. The van der Waals surface area contributed by atoms with Crippen LogP contribution in [0, 0.1) is 5.82 Å². The maximum absolute atomic E-state index is 13.6. The highest BCUT2D eigenvalue weighted by atomic mass is 19.1. The van der Waals surface area contributed by atoms with Crippen molar-refractivity contribution >= 4 is 0 Å². The summed E-state index contributed by atoms with van der Waals surface area (Å²) in [5, 5.41) is 27.8. The molecule has 1 aromatic rings. The molecule has 0 saturated heterocycles. The number of rotatable bonds is 6. The van der Waals surface area contributed by atoms with E-state index in [1.165, 1.54) is 12.1 Å². The largest absolute Gasteiger partial charge is 0.494 e. The highest BCUT2D eigenvalue weighted by molar-refractivity contribution is 5.30. The van der Waals surface area contributed by atoms with Crippen LogP contribution in [-0.2, 0) is 0 Å². The quantitative estimate of drug-likeness (QED) is 0.698. The summed E-state index contributed by atoms with van der Waals surface area (Å²) in [4.78, 5) is 0. The van der Waals surface area contributed by atoms with Crippen molar-refractivity contribution in [2.75, 3.05) is 13.2 Å². The molecule has 0 bridgehead atoms. The predicted molar refractivity (Wildman–Crippen MR) is 60.2 cm³/mol. The number of benzene rings is 1. The van der Waals surface area contributed by atoms with E-state index in [0.29, 0.717) is 12.4 Å². The van der Waals surface area contributed by atoms with Crippen LogP contribution in [0.2, 0.25) is 0 Å². The van der Waals surface area contributed by atoms with Gasteiger partial charge in [0.05, 0.1) is 12.7 Å². The lowest BCUT2D eigenvalue weighted by Gasteiger charge is -2.18. The van der Waals surface area contributed by atoms with Gasteiger partial charge in [0, 0.05) is 18.2 Å². The first-order valence-corrected chi connectivity index (χ1v) is 5.49. The molecule has 1 rings (SSSR count). The lowest BCUT2D eigenvalue weighted by atomic mass is 10.0. The Morgan fingerprint density at radius 2 is 2.06 bits per heavy atom. The van der Waals surface area contributed by atoms with E-state index in [4.69, 9.17) is 9.84 Å². The van der Waals surface area contributed by atoms with Gasteiger partial charge in [-0.2, -0.15) is 0 Å². The van der Waals surface area contributed by atoms with Gasteiger partial charge >= 0.3 is 0 Å². The standard InChI is InChI=1S/C12H17FO4/c1-2-17-8-3-4-9(10(13)7-8)12(16)11(15)5-6-14/h3-4,7,11-12,14-16H,2,5-6H2,1H3. The minimum absolute atomic E-state index is 0.00518. The SMILES string of the molecule is CCOc1ccc(C(O)C(O)CCO)c(F)c1. The van der Waals surface area contributed by atoms with Gasteiger partial charge in [-0.05, 0) is 25.5 Å². The molecule has 0 radical (unpaired) electrons. The number of hydrogen-bond acceptors (Lipinski definition) is 4. The fourth-order valence-corrected chi connectivity index (χ4v) is 1.50. The number of aliphatic hydroxyl groups excluding tert-OH is 3. The molecule has 96 valence electrons. The molecule has 0 aliphatic carbocycles. The Labute approximate surface area is 99.3 Å². The smallest absolute Gasteiger partial charge is 0.132 e. The van der Waals surface area contributed by atoms with Crippen LogP contribution in [0.25, 0.3) is 0 Å². The van der Waals surface area contributed by atoms with E-state index in [9.17, 15) is 14.6 Å². The summed E-state index contributed by atoms with van der Waals surface area (Å²) in [5.41, 5.74) is -0.00518. The van der Waals surface area contributed by atoms with Crippen molar-refractivity contribution in [2.24, 2.45) is 0 Å². The maximum Gasteiger partial charge on any atom is 0.132 e. The van der Waals surface area contributed by atoms with E-state index < -0.39 is 18.0 Å². The lowest BCUT2D eigenvalue weighted by molar-refractivity contribution is 0.00232. The predicted octanol–water partition coefficient (Wildman–Crippen LogP) is 1.00. The first-order valence-electron chi connectivity index (χ1n) is 5.49. The van der Waals surface area contributed by atoms with Crippen LogP contribution in [0.5, 0.6) is 5.75 Å². The van der Waals surface area contributed by atoms with Crippen molar-refractivity contribution in [2.45, 2.75) is 25.6 Å². The van der Waals surface area contributed by atoms with E-state index in [2.05, 4.69) is 0 Å². The van der Waals surface area contributed by atoms with Gasteiger partial charge in [0.25, 0.3) is 0 Å². The molecule has 3 N–H and O–H groups in total. The van der Waals surface area contributed by atoms with Gasteiger partial charge in [-0.25, -0.2) is 4.39 Å². The van der Waals surface area contributed by atoms with Crippen LogP contribution in [0.1, 0.15) is 25.0 Å². The topological polar surface area (TPSA) is 69.9 Å². The molecule has 0 aromatic heterocycles. The fraction of sp³-hybridized carbons (Fsp3) is 0.500. The minimum Gasteiger partial charge on any atom is -0.494 e. The molecule has 1 aromatic carbocycles. The molecule has 4 nitrogen and oxygen atoms in total. The minimum atomic E-state index is -1.35. The summed E-state index contributed by atoms with van der Waals surface area (Å²) in [5.74, 6) is -0.266. The van der Waals surface area contributed by atoms with Crippen LogP contribution in [-0.4, -0.2) is 34.6 Å². The first-order chi connectivity index (χ1) is 8.10. The normalized spacial score (nSPS) is 14.4. The first kappa shape index (κ1) is 13.9. The molecule has 2 atom stereocenters. The highest BCUT2D eigenvalue weighted by Gasteiger charge is 2.21. The van der Waals surface area contributed by atoms with E-state index in [1.54, 1.807) is 6.92 Å². The van der Waals surface area contributed by atoms with Crippen LogP contribution >= 0.6 is 0 Å². The Balaban J connectivity index is 2.83. The van der Waals surface area contributed by atoms with Crippen molar-refractivity contribution in [1.29, 1.82) is 0 Å². The summed E-state index contributed by atoms with van der Waals surface area (Å²) in [6.45, 7) is 1.94. The third-order valence-electron chi connectivity index (χ3n) is 2.39. The van der Waals surface area contributed by atoms with Gasteiger partial charge < -0.3 is 20.1 Å². The van der Waals surface area contributed by atoms with Crippen molar-refractivity contribution < 1.29 is 24.4 Å². The molecule has 0 aliphatic heterocycles. The number of hydrogen-bond donors (Lipinski definition) is 3. The second-order valence-electron chi connectivity index (χ2n) is 3.64. The Bertz CT molecular complexity index is 356. The van der Waals surface area contributed by atoms with E-state index in [0.717, 1.165) is 6.07 Å². The van der Waals surface area contributed by atoms with Gasteiger partial charge in [-0.1, -0.05) is 0 Å². The molecular formula is C12H17FO4. The fourth-order valence-electron chi connectivity index (χ4n) is 1.50. The van der Waals surface area contributed by atoms with Crippen LogP contribution < -0.4 is 4.74 Å². The summed E-state index contributed by atoms with van der Waals surface area (Å²) >= 11 is 0. The molecule has 0 fully saturated rings. The van der Waals surface area contributed by atoms with E-state index >= 15 is 0 Å². The Kier molecular flexibility index (Phi) is 5.34. The van der Waals surface area contributed by atoms with Crippen LogP contribution in [0.4, 0.5) is 4.39 Å². The number of ether oxygens (including phenoxy) is 1. The zero-order chi connectivity index (χ0) is 12.8. The monoisotopic (exact) mass is 244 g/mol. The summed E-state index contributed by atoms with van der Waals surface area (Å²) in [6, 6.07) is 4.05. The Morgan fingerprint density at radius 3 is 2.59 bits per heavy atom. The Hall–Kier alpha value is -1.17. The second kappa shape index (κ2) is 6.54. The average molecular weight is 244 g/mol. The molecule has 0 heterocycles. The van der Waals surface area contributed by atoms with Gasteiger partial charge in [0.2, 0.25) is 0 Å². The van der Waals surface area contributed by atoms with Crippen LogP contribution in [0.15, 0.2) is 18.2 Å². The molecular weight excluding hydrogens is 227 g/mol. The molecule has 5 heteroatoms. The number of aliphatic hydroxyl groups is 3. The van der Waals surface area contributed by atoms with Crippen molar-refractivity contribution in [3.63, 3.8) is 0 Å². The summed E-state index contributed by atoms with van der Waals surface area (Å²) < 4.78 is 18.7. The van der Waals surface area contributed by atoms with Crippen molar-refractivity contribution in [3.8, 4) is 5.75 Å². The third kappa shape index (κ3) is 3.66. The number of halogens is 1. The molecule has 0 saturated carbocycles. The molecule has 0 amide bonds. The summed E-state index contributed by atoms with van der Waals surface area (Å²) in [6.07, 6.45) is -2.54. The second-order valence-corrected chi connectivity index (χ2v) is 3.64. The zero-order valence-electron chi connectivity index (χ0n) is 9.64. The van der Waals surface area contributed by atoms with Gasteiger partial charge in [-0.3, -0.25) is 0 Å². The van der Waals surface area contributed by atoms with Gasteiger partial charge in [-0.15, -0.1) is 0 Å². The zero-order valence-corrected chi connectivity index (χ0v) is 9.64. The van der Waals surface area contributed by atoms with Crippen LogP contribution in [0.3, 0.4) is 0 Å². The van der Waals surface area contributed by atoms with Crippen molar-refractivity contribution in [1.82, 2.24) is 0 Å². The summed E-state index contributed by atoms with van der Waals surface area (Å²) in [7, 11) is 0. The highest BCUT2D eigenvalue weighted by Crippen LogP contribution is 2.25. The Morgan fingerprint density at radius 1 is 1.35 bits per heavy atom. The third-order valence-corrected chi connectivity index (χ3v) is 2.39. The maximum atomic E-state index is 13.6. The van der Waals surface area contributed by atoms with E-state index in [-0.39, 0.29) is 18.6 Å². The average Bonchev–Trinajstić information content (AvgIpc) is 2.29. The van der Waals surface area contributed by atoms with Crippen molar-refractivity contribution in [3.05, 3.63) is 29.6 Å². The van der Waals surface area contributed by atoms with Gasteiger partial charge in [0.1, 0.15) is 17.7 Å². The molecule has 2 unspecified atom stereocenters. The van der Waals surface area contributed by atoms with Gasteiger partial charge in [0.15, 0.2) is 0 Å².